The fourth-order valence-electron chi connectivity index (χ4n) is 0.482. The van der Waals surface area contributed by atoms with Crippen LogP contribution in [0.25, 0.3) is 0 Å². The van der Waals surface area contributed by atoms with Crippen LogP contribution in [0.5, 0.6) is 0 Å². The molecule has 0 saturated carbocycles. The first-order valence-electron chi connectivity index (χ1n) is 2.35. The Morgan fingerprint density at radius 3 is 2.40 bits per heavy atom. The third-order valence-electron chi connectivity index (χ3n) is 0.895. The Hall–Kier alpha value is -0.840. The smallest absolute Gasteiger partial charge is 0.195 e. The van der Waals surface area contributed by atoms with E-state index < -0.39 is 22.2 Å². The van der Waals surface area contributed by atoms with Crippen molar-refractivity contribution in [1.29, 1.82) is 0 Å². The molecule has 1 heterocycles. The molecule has 1 aromatic heterocycles. The molecular formula is C5H2F3NS. The topological polar surface area (TPSA) is 15.8 Å². The van der Waals surface area contributed by atoms with E-state index in [1.165, 1.54) is 0 Å². The molecule has 0 aliphatic rings. The number of nitrogens with one attached hydrogen (secondary N) is 1. The van der Waals surface area contributed by atoms with Crippen molar-refractivity contribution in [2.45, 2.75) is 0 Å². The average molecular weight is 165 g/mol. The van der Waals surface area contributed by atoms with Crippen LogP contribution in [0.1, 0.15) is 0 Å². The molecule has 1 rings (SSSR count). The third-order valence-corrected chi connectivity index (χ3v) is 1.18. The van der Waals surface area contributed by atoms with Gasteiger partial charge in [0.15, 0.2) is 17.6 Å². The lowest BCUT2D eigenvalue weighted by atomic mass is 10.4. The fourth-order valence-corrected chi connectivity index (χ4v) is 0.677. The van der Waals surface area contributed by atoms with Crippen LogP contribution >= 0.6 is 12.2 Å². The number of pyridine rings is 1. The van der Waals surface area contributed by atoms with Gasteiger partial charge in [0.2, 0.25) is 0 Å². The van der Waals surface area contributed by atoms with E-state index in [2.05, 4.69) is 12.2 Å². The van der Waals surface area contributed by atoms with Gasteiger partial charge >= 0.3 is 0 Å². The Morgan fingerprint density at radius 2 is 1.90 bits per heavy atom. The van der Waals surface area contributed by atoms with Crippen LogP contribution in [-0.4, -0.2) is 4.98 Å². The molecule has 0 unspecified atom stereocenters. The number of aromatic amines is 1. The van der Waals surface area contributed by atoms with E-state index >= 15 is 0 Å². The number of hydrogen-bond donors (Lipinski definition) is 1. The van der Waals surface area contributed by atoms with Gasteiger partial charge in [-0.1, -0.05) is 12.2 Å². The molecule has 0 radical (unpaired) electrons. The molecule has 0 amide bonds. The summed E-state index contributed by atoms with van der Waals surface area (Å²) in [5.41, 5.74) is 0. The van der Waals surface area contributed by atoms with E-state index in [9.17, 15) is 13.2 Å². The summed E-state index contributed by atoms with van der Waals surface area (Å²) in [4.78, 5) is 1.81. The molecule has 0 aliphatic carbocycles. The van der Waals surface area contributed by atoms with E-state index in [0.717, 1.165) is 0 Å². The van der Waals surface area contributed by atoms with Crippen molar-refractivity contribution in [3.05, 3.63) is 28.3 Å². The van der Waals surface area contributed by atoms with Gasteiger partial charge in [0.1, 0.15) is 4.64 Å². The van der Waals surface area contributed by atoms with Crippen LogP contribution in [0.3, 0.4) is 0 Å². The number of hydrogen-bond acceptors (Lipinski definition) is 1. The van der Waals surface area contributed by atoms with Gasteiger partial charge < -0.3 is 4.98 Å². The SMILES string of the molecule is Fc1cc(F)c(F)c(=S)[nH]1. The second-order valence-electron chi connectivity index (χ2n) is 1.61. The van der Waals surface area contributed by atoms with Crippen molar-refractivity contribution in [3.8, 4) is 0 Å². The summed E-state index contributed by atoms with van der Waals surface area (Å²) in [6, 6.07) is 0.394. The lowest BCUT2D eigenvalue weighted by Crippen LogP contribution is -1.91. The maximum absolute atomic E-state index is 12.2. The molecule has 0 fully saturated rings. The predicted molar refractivity (Wildman–Crippen MR) is 31.5 cm³/mol. The van der Waals surface area contributed by atoms with Gasteiger partial charge in [0, 0.05) is 6.07 Å². The highest BCUT2D eigenvalue weighted by Crippen LogP contribution is 2.05. The van der Waals surface area contributed by atoms with Crippen LogP contribution in [0.15, 0.2) is 6.07 Å². The Bertz CT molecular complexity index is 306. The van der Waals surface area contributed by atoms with E-state index in [-0.39, 0.29) is 0 Å². The quantitative estimate of drug-likeness (QED) is 0.460. The normalized spacial score (nSPS) is 9.90. The highest BCUT2D eigenvalue weighted by Gasteiger charge is 2.04. The molecule has 1 N–H and O–H groups in total. The highest BCUT2D eigenvalue weighted by atomic mass is 32.1. The molecule has 1 nitrogen and oxygen atoms in total. The standard InChI is InChI=1S/C5H2F3NS/c6-2-1-3(7)9-5(10)4(2)8/h1H,(H,9,10). The summed E-state index contributed by atoms with van der Waals surface area (Å²) in [5, 5.41) is 0. The fraction of sp³-hybridized carbons (Fsp3) is 0. The van der Waals surface area contributed by atoms with Crippen molar-refractivity contribution >= 4 is 12.2 Å². The Labute approximate surface area is 59.5 Å². The van der Waals surface area contributed by atoms with Crippen LogP contribution in [-0.2, 0) is 0 Å². The molecule has 0 aromatic carbocycles. The molecule has 0 atom stereocenters. The molecule has 0 spiro atoms. The summed E-state index contributed by atoms with van der Waals surface area (Å²) in [6.45, 7) is 0. The van der Waals surface area contributed by atoms with Crippen molar-refractivity contribution in [2.24, 2.45) is 0 Å². The van der Waals surface area contributed by atoms with E-state index in [0.29, 0.717) is 6.07 Å². The van der Waals surface area contributed by atoms with Crippen LogP contribution in [0, 0.1) is 22.2 Å². The second kappa shape index (κ2) is 2.42. The summed E-state index contributed by atoms with van der Waals surface area (Å²) < 4.78 is 35.9. The van der Waals surface area contributed by atoms with Crippen LogP contribution in [0.2, 0.25) is 0 Å². The van der Waals surface area contributed by atoms with Gasteiger partial charge in [-0.2, -0.15) is 4.39 Å². The zero-order valence-corrected chi connectivity index (χ0v) is 5.44. The first kappa shape index (κ1) is 7.27. The van der Waals surface area contributed by atoms with E-state index in [4.69, 9.17) is 0 Å². The van der Waals surface area contributed by atoms with Gasteiger partial charge in [0.05, 0.1) is 0 Å². The first-order chi connectivity index (χ1) is 4.61. The highest BCUT2D eigenvalue weighted by molar-refractivity contribution is 7.71. The number of rotatable bonds is 0. The monoisotopic (exact) mass is 165 g/mol. The van der Waals surface area contributed by atoms with Gasteiger partial charge in [-0.3, -0.25) is 0 Å². The van der Waals surface area contributed by atoms with Gasteiger partial charge in [-0.05, 0) is 0 Å². The maximum atomic E-state index is 12.2. The zero-order chi connectivity index (χ0) is 7.72. The summed E-state index contributed by atoms with van der Waals surface area (Å²) in [5.74, 6) is -3.48. The molecule has 0 bridgehead atoms. The predicted octanol–water partition coefficient (Wildman–Crippen LogP) is 2.16. The molecule has 0 saturated heterocycles. The van der Waals surface area contributed by atoms with Gasteiger partial charge in [0.25, 0.3) is 0 Å². The third kappa shape index (κ3) is 1.18. The summed E-state index contributed by atoms with van der Waals surface area (Å²) in [7, 11) is 0. The number of halogens is 3. The second-order valence-corrected chi connectivity index (χ2v) is 2.02. The summed E-state index contributed by atoms with van der Waals surface area (Å²) >= 11 is 4.22. The molecule has 5 heteroatoms. The molecule has 0 aliphatic heterocycles. The first-order valence-corrected chi connectivity index (χ1v) is 2.76. The van der Waals surface area contributed by atoms with Crippen molar-refractivity contribution in [1.82, 2.24) is 4.98 Å². The Morgan fingerprint density at radius 1 is 1.30 bits per heavy atom. The largest absolute Gasteiger partial charge is 0.320 e. The van der Waals surface area contributed by atoms with Crippen molar-refractivity contribution in [2.75, 3.05) is 0 Å². The van der Waals surface area contributed by atoms with Crippen LogP contribution < -0.4 is 0 Å². The number of H-pyrrole nitrogens is 1. The lowest BCUT2D eigenvalue weighted by molar-refractivity contribution is 0.475. The minimum atomic E-state index is -1.28. The lowest BCUT2D eigenvalue weighted by Gasteiger charge is -1.91. The van der Waals surface area contributed by atoms with E-state index in [1.807, 2.05) is 4.98 Å². The summed E-state index contributed by atoms with van der Waals surface area (Å²) in [6.07, 6.45) is 0. The average Bonchev–Trinajstić information content (AvgIpc) is 1.82. The van der Waals surface area contributed by atoms with Crippen LogP contribution in [0.4, 0.5) is 13.2 Å². The molecular weight excluding hydrogens is 163 g/mol. The van der Waals surface area contributed by atoms with Crippen molar-refractivity contribution in [3.63, 3.8) is 0 Å². The Balaban J connectivity index is 3.46. The molecule has 54 valence electrons. The zero-order valence-electron chi connectivity index (χ0n) is 4.62. The van der Waals surface area contributed by atoms with E-state index in [1.54, 1.807) is 0 Å². The number of aromatic nitrogens is 1. The van der Waals surface area contributed by atoms with Gasteiger partial charge in [-0.25, -0.2) is 8.78 Å². The van der Waals surface area contributed by atoms with Gasteiger partial charge in [-0.15, -0.1) is 0 Å². The minimum Gasteiger partial charge on any atom is -0.320 e. The maximum Gasteiger partial charge on any atom is 0.195 e. The molecule has 10 heavy (non-hydrogen) atoms. The minimum absolute atomic E-state index is 0.394. The molecule has 1 aromatic rings. The Kier molecular flexibility index (Phi) is 1.76. The van der Waals surface area contributed by atoms with Crippen molar-refractivity contribution < 1.29 is 13.2 Å².